The summed E-state index contributed by atoms with van der Waals surface area (Å²) < 4.78 is 72.1. The van der Waals surface area contributed by atoms with Gasteiger partial charge in [0.1, 0.15) is 6.10 Å². The highest BCUT2D eigenvalue weighted by Crippen LogP contribution is 2.39. The summed E-state index contributed by atoms with van der Waals surface area (Å²) in [5.41, 5.74) is 4.49. The third kappa shape index (κ3) is 4.77. The van der Waals surface area contributed by atoms with Gasteiger partial charge in [0.2, 0.25) is 17.7 Å². The summed E-state index contributed by atoms with van der Waals surface area (Å²) in [6, 6.07) is 0. The molecule has 0 aromatic heterocycles. The van der Waals surface area contributed by atoms with Crippen LogP contribution in [-0.2, 0) is 9.59 Å². The number of carbonyl (C=O) groups is 2. The third-order valence-corrected chi connectivity index (χ3v) is 1.71. The molecule has 0 saturated heterocycles. The highest BCUT2D eigenvalue weighted by molar-refractivity contribution is 5.82. The number of halogens is 6. The summed E-state index contributed by atoms with van der Waals surface area (Å²) >= 11 is 0. The summed E-state index contributed by atoms with van der Waals surface area (Å²) in [4.78, 5) is 21.0. The molecule has 1 unspecified atom stereocenters. The Kier molecular flexibility index (Phi) is 4.96. The Bertz CT molecular complexity index is 312. The van der Waals surface area contributed by atoms with Gasteiger partial charge in [0, 0.05) is 0 Å². The second-order valence-electron chi connectivity index (χ2n) is 3.18. The van der Waals surface area contributed by atoms with Crippen molar-refractivity contribution in [3.63, 3.8) is 0 Å². The van der Waals surface area contributed by atoms with Crippen molar-refractivity contribution < 1.29 is 41.0 Å². The normalized spacial score (nSPS) is 14.4. The van der Waals surface area contributed by atoms with E-state index in [-0.39, 0.29) is 0 Å². The minimum atomic E-state index is -5.83. The average molecular weight is 282 g/mol. The van der Waals surface area contributed by atoms with Crippen molar-refractivity contribution in [2.24, 2.45) is 11.7 Å². The maximum Gasteiger partial charge on any atom is 0.409 e. The molecule has 2 amide bonds. The highest BCUT2D eigenvalue weighted by atomic mass is 19.4. The van der Waals surface area contributed by atoms with Crippen molar-refractivity contribution in [2.45, 2.75) is 18.5 Å². The Balaban J connectivity index is 4.76. The van der Waals surface area contributed by atoms with E-state index in [1.807, 2.05) is 0 Å². The van der Waals surface area contributed by atoms with Gasteiger partial charge in [-0.05, 0) is 0 Å². The molecule has 4 N–H and O–H groups in total. The number of aliphatic hydroxyl groups excluding tert-OH is 1. The van der Waals surface area contributed by atoms with Crippen molar-refractivity contribution in [1.29, 1.82) is 0 Å². The molecule has 0 rings (SSSR count). The van der Waals surface area contributed by atoms with Crippen LogP contribution in [0.2, 0.25) is 0 Å². The van der Waals surface area contributed by atoms with Crippen LogP contribution in [0.15, 0.2) is 0 Å². The van der Waals surface area contributed by atoms with Gasteiger partial charge in [-0.15, -0.1) is 0 Å². The molecule has 0 aliphatic carbocycles. The van der Waals surface area contributed by atoms with Crippen molar-refractivity contribution >= 4 is 11.8 Å². The van der Waals surface area contributed by atoms with Crippen molar-refractivity contribution in [3.05, 3.63) is 0 Å². The number of nitrogens with two attached hydrogens (primary N) is 1. The summed E-state index contributed by atoms with van der Waals surface area (Å²) in [6.45, 7) is -1.14. The Morgan fingerprint density at radius 1 is 1.11 bits per heavy atom. The van der Waals surface area contributed by atoms with Gasteiger partial charge in [0.25, 0.3) is 0 Å². The molecule has 0 fully saturated rings. The smallest absolute Gasteiger partial charge is 0.381 e. The number of alkyl halides is 6. The van der Waals surface area contributed by atoms with Gasteiger partial charge in [0.05, 0.1) is 6.54 Å². The van der Waals surface area contributed by atoms with Crippen LogP contribution in [0.3, 0.4) is 0 Å². The first-order chi connectivity index (χ1) is 7.87. The molecule has 1 atom stereocenters. The largest absolute Gasteiger partial charge is 0.409 e. The first kappa shape index (κ1) is 16.5. The maximum absolute atomic E-state index is 12.0. The SMILES string of the molecule is NC(=O)C(O)CNC(=O)C(C(F)(F)F)C(F)(F)F. The molecule has 18 heavy (non-hydrogen) atoms. The van der Waals surface area contributed by atoms with Gasteiger partial charge >= 0.3 is 12.4 Å². The topological polar surface area (TPSA) is 92.4 Å². The van der Waals surface area contributed by atoms with Gasteiger partial charge in [-0.3, -0.25) is 9.59 Å². The predicted octanol–water partition coefficient (Wildman–Crippen LogP) is -0.310. The minimum Gasteiger partial charge on any atom is -0.381 e. The number of primary amides is 1. The number of aliphatic hydroxyl groups is 1. The predicted molar refractivity (Wildman–Crippen MR) is 43.8 cm³/mol. The fourth-order valence-corrected chi connectivity index (χ4v) is 0.883. The summed E-state index contributed by atoms with van der Waals surface area (Å²) in [6.07, 6.45) is -13.7. The molecule has 0 aromatic rings. The zero-order valence-electron chi connectivity index (χ0n) is 8.47. The lowest BCUT2D eigenvalue weighted by molar-refractivity contribution is -0.274. The molecule has 106 valence electrons. The average Bonchev–Trinajstić information content (AvgIpc) is 2.08. The lowest BCUT2D eigenvalue weighted by Crippen LogP contribution is -2.50. The molecule has 0 saturated carbocycles. The third-order valence-electron chi connectivity index (χ3n) is 1.71. The summed E-state index contributed by atoms with van der Waals surface area (Å²) in [5, 5.41) is 9.86. The number of rotatable bonds is 4. The van der Waals surface area contributed by atoms with Gasteiger partial charge in [-0.1, -0.05) is 0 Å². The first-order valence-corrected chi connectivity index (χ1v) is 4.26. The van der Waals surface area contributed by atoms with E-state index in [1.54, 1.807) is 0 Å². The molecule has 0 aliphatic rings. The lowest BCUT2D eigenvalue weighted by atomic mass is 10.1. The fraction of sp³-hybridized carbons (Fsp3) is 0.714. The molecule has 0 spiro atoms. The number of amides is 2. The molecule has 0 aromatic carbocycles. The first-order valence-electron chi connectivity index (χ1n) is 4.26. The van der Waals surface area contributed by atoms with Crippen LogP contribution >= 0.6 is 0 Å². The molecule has 5 nitrogen and oxygen atoms in total. The fourth-order valence-electron chi connectivity index (χ4n) is 0.883. The molecular weight excluding hydrogens is 274 g/mol. The standard InChI is InChI=1S/C7H8F6N2O3/c8-6(9,10)3(7(11,12)13)5(18)15-1-2(16)4(14)17/h2-3,16H,1H2,(H2,14,17)(H,15,18). The van der Waals surface area contributed by atoms with Gasteiger partial charge in [-0.25, -0.2) is 0 Å². The van der Waals surface area contributed by atoms with Crippen molar-refractivity contribution in [1.82, 2.24) is 5.32 Å². The van der Waals surface area contributed by atoms with Crippen LogP contribution in [0.1, 0.15) is 0 Å². The molecule has 0 heterocycles. The summed E-state index contributed by atoms with van der Waals surface area (Å²) in [5.74, 6) is -8.05. The Hall–Kier alpha value is -1.52. The van der Waals surface area contributed by atoms with Crippen LogP contribution in [0, 0.1) is 5.92 Å². The molecule has 11 heteroatoms. The van der Waals surface area contributed by atoms with Crippen molar-refractivity contribution in [2.75, 3.05) is 6.54 Å². The lowest BCUT2D eigenvalue weighted by Gasteiger charge is -2.22. The van der Waals surface area contributed by atoms with Crippen LogP contribution in [-0.4, -0.2) is 41.9 Å². The quantitative estimate of drug-likeness (QED) is 0.617. The number of hydrogen-bond donors (Lipinski definition) is 3. The maximum atomic E-state index is 12.0. The zero-order valence-corrected chi connectivity index (χ0v) is 8.47. The molecule has 0 bridgehead atoms. The van der Waals surface area contributed by atoms with E-state index in [2.05, 4.69) is 5.73 Å². The van der Waals surface area contributed by atoms with Gasteiger partial charge < -0.3 is 16.2 Å². The second-order valence-corrected chi connectivity index (χ2v) is 3.18. The van der Waals surface area contributed by atoms with Gasteiger partial charge in [0.15, 0.2) is 0 Å². The molecule has 0 radical (unpaired) electrons. The van der Waals surface area contributed by atoms with E-state index in [0.29, 0.717) is 0 Å². The number of carbonyl (C=O) groups excluding carboxylic acids is 2. The summed E-state index contributed by atoms with van der Waals surface area (Å²) in [7, 11) is 0. The second kappa shape index (κ2) is 5.42. The van der Waals surface area contributed by atoms with E-state index < -0.39 is 42.7 Å². The number of nitrogens with one attached hydrogen (secondary N) is 1. The van der Waals surface area contributed by atoms with Crippen LogP contribution < -0.4 is 11.1 Å². The monoisotopic (exact) mass is 282 g/mol. The van der Waals surface area contributed by atoms with Crippen LogP contribution in [0.25, 0.3) is 0 Å². The van der Waals surface area contributed by atoms with E-state index in [4.69, 9.17) is 5.11 Å². The van der Waals surface area contributed by atoms with E-state index in [9.17, 15) is 35.9 Å². The Labute approximate surface area is 95.9 Å². The highest BCUT2D eigenvalue weighted by Gasteiger charge is 2.61. The zero-order chi connectivity index (χ0) is 14.7. The van der Waals surface area contributed by atoms with Crippen LogP contribution in [0.5, 0.6) is 0 Å². The minimum absolute atomic E-state index is 1.14. The number of hydrogen-bond acceptors (Lipinski definition) is 3. The van der Waals surface area contributed by atoms with E-state index in [1.165, 1.54) is 0 Å². The van der Waals surface area contributed by atoms with Gasteiger partial charge in [-0.2, -0.15) is 26.3 Å². The molecule has 0 aliphatic heterocycles. The van der Waals surface area contributed by atoms with E-state index in [0.717, 1.165) is 5.32 Å². The van der Waals surface area contributed by atoms with E-state index >= 15 is 0 Å². The Morgan fingerprint density at radius 3 is 1.78 bits per heavy atom. The van der Waals surface area contributed by atoms with Crippen molar-refractivity contribution in [3.8, 4) is 0 Å². The van der Waals surface area contributed by atoms with Crippen LogP contribution in [0.4, 0.5) is 26.3 Å². The molecular formula is C7H8F6N2O3. The Morgan fingerprint density at radius 2 is 1.50 bits per heavy atom.